The molecule has 116 valence electrons. The zero-order valence-corrected chi connectivity index (χ0v) is 12.6. The van der Waals surface area contributed by atoms with Crippen molar-refractivity contribution in [2.75, 3.05) is 5.73 Å². The van der Waals surface area contributed by atoms with Gasteiger partial charge in [0.25, 0.3) is 5.56 Å². The number of fused-ring (bicyclic) bond motifs is 1. The smallest absolute Gasteiger partial charge is 0.333 e. The molecule has 0 saturated heterocycles. The molecule has 3 aromatic rings. The molecule has 0 aromatic carbocycles. The number of rotatable bonds is 1. The molecule has 3 rings (SSSR count). The van der Waals surface area contributed by atoms with Crippen LogP contribution in [-0.4, -0.2) is 23.7 Å². The highest BCUT2D eigenvalue weighted by atomic mass is 16.2. The summed E-state index contributed by atoms with van der Waals surface area (Å²) in [6.45, 7) is 0.114. The Morgan fingerprint density at radius 3 is 2.78 bits per heavy atom. The lowest BCUT2D eigenvalue weighted by molar-refractivity contribution is 0.682. The van der Waals surface area contributed by atoms with Gasteiger partial charge in [0.15, 0.2) is 11.2 Å². The summed E-state index contributed by atoms with van der Waals surface area (Å²) < 4.78 is 4.01. The second-order valence-electron chi connectivity index (χ2n) is 5.03. The SMILES string of the molecule is Cn1c(=O)c2c(ncn2C)n(CC#Cc2ccnc(N)c2)c1=O. The van der Waals surface area contributed by atoms with Gasteiger partial charge in [-0.3, -0.25) is 13.9 Å². The van der Waals surface area contributed by atoms with Crippen molar-refractivity contribution in [1.82, 2.24) is 23.7 Å². The molecular formula is C15H14N6O2. The van der Waals surface area contributed by atoms with Gasteiger partial charge in [0, 0.05) is 25.9 Å². The van der Waals surface area contributed by atoms with Crippen LogP contribution in [0.1, 0.15) is 5.56 Å². The predicted octanol–water partition coefficient (Wildman–Crippen LogP) is -0.537. The highest BCUT2D eigenvalue weighted by Crippen LogP contribution is 2.04. The lowest BCUT2D eigenvalue weighted by Crippen LogP contribution is -2.38. The van der Waals surface area contributed by atoms with Crippen LogP contribution in [0.15, 0.2) is 34.2 Å². The third kappa shape index (κ3) is 2.48. The van der Waals surface area contributed by atoms with Crippen LogP contribution in [0.5, 0.6) is 0 Å². The van der Waals surface area contributed by atoms with Crippen molar-refractivity contribution in [3.63, 3.8) is 0 Å². The molecule has 0 atom stereocenters. The van der Waals surface area contributed by atoms with E-state index < -0.39 is 5.69 Å². The Kier molecular flexibility index (Phi) is 3.46. The van der Waals surface area contributed by atoms with Crippen molar-refractivity contribution in [1.29, 1.82) is 0 Å². The Bertz CT molecular complexity index is 1080. The first-order valence-corrected chi connectivity index (χ1v) is 6.80. The third-order valence-corrected chi connectivity index (χ3v) is 3.45. The van der Waals surface area contributed by atoms with E-state index in [9.17, 15) is 9.59 Å². The van der Waals surface area contributed by atoms with Gasteiger partial charge in [-0.1, -0.05) is 11.8 Å². The van der Waals surface area contributed by atoms with Gasteiger partial charge in [0.1, 0.15) is 5.82 Å². The van der Waals surface area contributed by atoms with Crippen LogP contribution in [0.2, 0.25) is 0 Å². The topological polar surface area (TPSA) is 101 Å². The molecule has 8 heteroatoms. The minimum Gasteiger partial charge on any atom is -0.384 e. The Morgan fingerprint density at radius 1 is 1.26 bits per heavy atom. The lowest BCUT2D eigenvalue weighted by Gasteiger charge is -2.05. The average molecular weight is 310 g/mol. The number of aromatic nitrogens is 5. The lowest BCUT2D eigenvalue weighted by atomic mass is 10.2. The van der Waals surface area contributed by atoms with Crippen LogP contribution in [0.4, 0.5) is 5.82 Å². The maximum absolute atomic E-state index is 12.3. The molecule has 3 aromatic heterocycles. The van der Waals surface area contributed by atoms with Crippen molar-refractivity contribution in [2.45, 2.75) is 6.54 Å². The number of hydrogen-bond donors (Lipinski definition) is 1. The van der Waals surface area contributed by atoms with Crippen LogP contribution in [-0.2, 0) is 20.6 Å². The predicted molar refractivity (Wildman–Crippen MR) is 85.7 cm³/mol. The number of aryl methyl sites for hydroxylation is 1. The van der Waals surface area contributed by atoms with E-state index in [4.69, 9.17) is 5.73 Å². The quantitative estimate of drug-likeness (QED) is 0.609. The van der Waals surface area contributed by atoms with Gasteiger partial charge in [0.05, 0.1) is 12.9 Å². The van der Waals surface area contributed by atoms with E-state index in [2.05, 4.69) is 21.8 Å². The summed E-state index contributed by atoms with van der Waals surface area (Å²) >= 11 is 0. The van der Waals surface area contributed by atoms with Crippen LogP contribution >= 0.6 is 0 Å². The van der Waals surface area contributed by atoms with Gasteiger partial charge < -0.3 is 10.3 Å². The molecule has 0 aliphatic carbocycles. The van der Waals surface area contributed by atoms with Crippen LogP contribution in [0.25, 0.3) is 11.2 Å². The summed E-state index contributed by atoms with van der Waals surface area (Å²) in [5.41, 5.74) is 6.15. The summed E-state index contributed by atoms with van der Waals surface area (Å²) in [6, 6.07) is 3.37. The van der Waals surface area contributed by atoms with Gasteiger partial charge in [-0.15, -0.1) is 0 Å². The molecule has 0 amide bonds. The van der Waals surface area contributed by atoms with E-state index in [1.165, 1.54) is 17.9 Å². The highest BCUT2D eigenvalue weighted by Gasteiger charge is 2.13. The van der Waals surface area contributed by atoms with Gasteiger partial charge in [-0.25, -0.2) is 14.8 Å². The Labute approximate surface area is 130 Å². The van der Waals surface area contributed by atoms with Crippen molar-refractivity contribution in [2.24, 2.45) is 14.1 Å². The van der Waals surface area contributed by atoms with Crippen molar-refractivity contribution in [3.05, 3.63) is 51.1 Å². The maximum atomic E-state index is 12.3. The van der Waals surface area contributed by atoms with Crippen LogP contribution in [0, 0.1) is 11.8 Å². The molecule has 0 aliphatic heterocycles. The summed E-state index contributed by atoms with van der Waals surface area (Å²) in [7, 11) is 3.14. The second kappa shape index (κ2) is 5.46. The molecule has 0 aliphatic rings. The number of nitrogen functional groups attached to an aromatic ring is 1. The Hall–Kier alpha value is -3.34. The molecule has 2 N–H and O–H groups in total. The maximum Gasteiger partial charge on any atom is 0.333 e. The van der Waals surface area contributed by atoms with E-state index in [0.717, 1.165) is 4.57 Å². The summed E-state index contributed by atoms with van der Waals surface area (Å²) in [4.78, 5) is 32.5. The first-order chi connectivity index (χ1) is 11.0. The van der Waals surface area contributed by atoms with Gasteiger partial charge in [-0.05, 0) is 12.1 Å². The van der Waals surface area contributed by atoms with E-state index in [1.54, 1.807) is 29.9 Å². The Morgan fingerprint density at radius 2 is 2.04 bits per heavy atom. The number of hydrogen-bond acceptors (Lipinski definition) is 5. The molecule has 3 heterocycles. The largest absolute Gasteiger partial charge is 0.384 e. The summed E-state index contributed by atoms with van der Waals surface area (Å²) in [5, 5.41) is 0. The van der Waals surface area contributed by atoms with E-state index in [-0.39, 0.29) is 12.1 Å². The molecular weight excluding hydrogens is 296 g/mol. The molecule has 0 saturated carbocycles. The van der Waals surface area contributed by atoms with Crippen LogP contribution < -0.4 is 17.0 Å². The van der Waals surface area contributed by atoms with E-state index >= 15 is 0 Å². The first-order valence-electron chi connectivity index (χ1n) is 6.80. The third-order valence-electron chi connectivity index (χ3n) is 3.45. The highest BCUT2D eigenvalue weighted by molar-refractivity contribution is 5.70. The van der Waals surface area contributed by atoms with Crippen molar-refractivity contribution in [3.8, 4) is 11.8 Å². The van der Waals surface area contributed by atoms with Crippen molar-refractivity contribution >= 4 is 17.0 Å². The molecule has 0 unspecified atom stereocenters. The standard InChI is InChI=1S/C15H14N6O2/c1-19-9-18-13-12(19)14(22)20(2)15(23)21(13)7-3-4-10-5-6-17-11(16)8-10/h5-6,8-9H,7H2,1-2H3,(H2,16,17). The van der Waals surface area contributed by atoms with E-state index in [1.807, 2.05) is 0 Å². The molecule has 0 radical (unpaired) electrons. The van der Waals surface area contributed by atoms with Gasteiger partial charge in [0.2, 0.25) is 0 Å². The fourth-order valence-corrected chi connectivity index (χ4v) is 2.27. The van der Waals surface area contributed by atoms with Crippen molar-refractivity contribution < 1.29 is 0 Å². The zero-order chi connectivity index (χ0) is 16.6. The zero-order valence-electron chi connectivity index (χ0n) is 12.6. The Balaban J connectivity index is 2.08. The number of nitrogens with zero attached hydrogens (tertiary/aromatic N) is 5. The van der Waals surface area contributed by atoms with Gasteiger partial charge in [-0.2, -0.15) is 0 Å². The number of anilines is 1. The molecule has 8 nitrogen and oxygen atoms in total. The summed E-state index contributed by atoms with van der Waals surface area (Å²) in [6.07, 6.45) is 3.06. The number of pyridine rings is 1. The molecule has 0 fully saturated rings. The fourth-order valence-electron chi connectivity index (χ4n) is 2.27. The molecule has 0 bridgehead atoms. The fraction of sp³-hybridized carbons (Fsp3) is 0.200. The minimum atomic E-state index is -0.454. The monoisotopic (exact) mass is 310 g/mol. The minimum absolute atomic E-state index is 0.114. The molecule has 0 spiro atoms. The first kappa shape index (κ1) is 14.6. The number of imidazole rings is 1. The number of nitrogens with two attached hydrogens (primary N) is 1. The normalized spacial score (nSPS) is 10.5. The summed E-state index contributed by atoms with van der Waals surface area (Å²) in [5.74, 6) is 6.19. The second-order valence-corrected chi connectivity index (χ2v) is 5.03. The van der Waals surface area contributed by atoms with Crippen LogP contribution in [0.3, 0.4) is 0 Å². The molecule has 23 heavy (non-hydrogen) atoms. The van der Waals surface area contributed by atoms with Gasteiger partial charge >= 0.3 is 5.69 Å². The average Bonchev–Trinajstić information content (AvgIpc) is 2.90. The van der Waals surface area contributed by atoms with E-state index in [0.29, 0.717) is 22.5 Å².